The van der Waals surface area contributed by atoms with Crippen molar-refractivity contribution in [3.63, 3.8) is 0 Å². The van der Waals surface area contributed by atoms with Gasteiger partial charge in [-0.05, 0) is 43.2 Å². The topological polar surface area (TPSA) is 73.2 Å². The van der Waals surface area contributed by atoms with Crippen LogP contribution in [0.3, 0.4) is 0 Å². The Labute approximate surface area is 184 Å². The Morgan fingerprint density at radius 3 is 2.83 bits per heavy atom. The fourth-order valence-electron chi connectivity index (χ4n) is 2.98. The largest absolute Gasteiger partial charge is 0.383 e. The van der Waals surface area contributed by atoms with Crippen molar-refractivity contribution in [2.45, 2.75) is 24.4 Å². The smallest absolute Gasteiger partial charge is 0.266 e. The Bertz CT molecular complexity index is 1070. The first-order chi connectivity index (χ1) is 14.6. The van der Waals surface area contributed by atoms with E-state index in [2.05, 4.69) is 5.32 Å². The Morgan fingerprint density at radius 1 is 1.20 bits per heavy atom. The SMILES string of the molecule is COCCNC(=O)CCCCSc1nc2ccccc2c(=O)n1-c1cccc(Cl)c1. The van der Waals surface area contributed by atoms with E-state index in [0.29, 0.717) is 46.3 Å². The monoisotopic (exact) mass is 445 g/mol. The van der Waals surface area contributed by atoms with Gasteiger partial charge in [0.15, 0.2) is 5.16 Å². The van der Waals surface area contributed by atoms with Crippen LogP contribution in [0.2, 0.25) is 5.02 Å². The van der Waals surface area contributed by atoms with Gasteiger partial charge in [-0.1, -0.05) is 41.6 Å². The quantitative estimate of drug-likeness (QED) is 0.289. The number of aromatic nitrogens is 2. The van der Waals surface area contributed by atoms with E-state index < -0.39 is 0 Å². The van der Waals surface area contributed by atoms with Gasteiger partial charge in [0, 0.05) is 30.9 Å². The number of methoxy groups -OCH3 is 1. The molecule has 30 heavy (non-hydrogen) atoms. The van der Waals surface area contributed by atoms with Crippen LogP contribution in [0.15, 0.2) is 58.5 Å². The molecule has 0 atom stereocenters. The number of halogens is 1. The summed E-state index contributed by atoms with van der Waals surface area (Å²) >= 11 is 7.66. The molecular weight excluding hydrogens is 422 g/mol. The minimum absolute atomic E-state index is 0.0247. The maximum Gasteiger partial charge on any atom is 0.266 e. The minimum atomic E-state index is -0.122. The number of benzene rings is 2. The van der Waals surface area contributed by atoms with Crippen molar-refractivity contribution < 1.29 is 9.53 Å². The number of unbranched alkanes of at least 4 members (excludes halogenated alkanes) is 1. The first kappa shape index (κ1) is 22.3. The molecule has 0 saturated heterocycles. The summed E-state index contributed by atoms with van der Waals surface area (Å²) in [6.45, 7) is 1.03. The highest BCUT2D eigenvalue weighted by atomic mass is 35.5. The maximum atomic E-state index is 13.2. The van der Waals surface area contributed by atoms with Crippen LogP contribution in [0.5, 0.6) is 0 Å². The summed E-state index contributed by atoms with van der Waals surface area (Å²) in [5.74, 6) is 0.771. The number of thioether (sulfide) groups is 1. The van der Waals surface area contributed by atoms with Crippen LogP contribution < -0.4 is 10.9 Å². The van der Waals surface area contributed by atoms with Gasteiger partial charge in [-0.3, -0.25) is 14.2 Å². The van der Waals surface area contributed by atoms with E-state index in [4.69, 9.17) is 21.3 Å². The molecule has 1 heterocycles. The van der Waals surface area contributed by atoms with Crippen molar-refractivity contribution in [2.24, 2.45) is 0 Å². The van der Waals surface area contributed by atoms with Gasteiger partial charge in [-0.15, -0.1) is 0 Å². The number of rotatable bonds is 10. The summed E-state index contributed by atoms with van der Waals surface area (Å²) in [7, 11) is 1.60. The highest BCUT2D eigenvalue weighted by Gasteiger charge is 2.13. The second-order valence-corrected chi connectivity index (χ2v) is 8.18. The standard InChI is InChI=1S/C22H24ClN3O3S/c1-29-13-12-24-20(27)11-4-5-14-30-22-25-19-10-3-2-9-18(19)21(28)26(22)17-8-6-7-16(23)15-17/h2-3,6-10,15H,4-5,11-14H2,1H3,(H,24,27). The number of carbonyl (C=O) groups excluding carboxylic acids is 1. The molecule has 158 valence electrons. The Hall–Kier alpha value is -2.35. The molecule has 3 aromatic rings. The number of amides is 1. The van der Waals surface area contributed by atoms with E-state index in [0.717, 1.165) is 18.6 Å². The van der Waals surface area contributed by atoms with Crippen LogP contribution in [0.4, 0.5) is 0 Å². The van der Waals surface area contributed by atoms with E-state index in [1.165, 1.54) is 11.8 Å². The lowest BCUT2D eigenvalue weighted by Crippen LogP contribution is -2.26. The molecule has 0 bridgehead atoms. The lowest BCUT2D eigenvalue weighted by molar-refractivity contribution is -0.121. The predicted octanol–water partition coefficient (Wildman–Crippen LogP) is 4.06. The molecule has 3 rings (SSSR count). The zero-order valence-corrected chi connectivity index (χ0v) is 18.3. The molecule has 0 aliphatic heterocycles. The minimum Gasteiger partial charge on any atom is -0.383 e. The van der Waals surface area contributed by atoms with E-state index in [-0.39, 0.29) is 11.5 Å². The first-order valence-corrected chi connectivity index (χ1v) is 11.1. The first-order valence-electron chi connectivity index (χ1n) is 9.76. The van der Waals surface area contributed by atoms with Gasteiger partial charge in [0.1, 0.15) is 0 Å². The predicted molar refractivity (Wildman–Crippen MR) is 122 cm³/mol. The van der Waals surface area contributed by atoms with Crippen molar-refractivity contribution in [3.05, 3.63) is 63.9 Å². The zero-order chi connectivity index (χ0) is 21.3. The number of ether oxygens (including phenoxy) is 1. The summed E-state index contributed by atoms with van der Waals surface area (Å²) in [5, 5.41) is 4.55. The molecule has 2 aromatic carbocycles. The van der Waals surface area contributed by atoms with E-state index in [1.54, 1.807) is 29.9 Å². The number of fused-ring (bicyclic) bond motifs is 1. The van der Waals surface area contributed by atoms with Crippen LogP contribution in [0, 0.1) is 0 Å². The van der Waals surface area contributed by atoms with Crippen LogP contribution in [-0.2, 0) is 9.53 Å². The van der Waals surface area contributed by atoms with Crippen LogP contribution in [0.25, 0.3) is 16.6 Å². The normalized spacial score (nSPS) is 11.0. The molecular formula is C22H24ClN3O3S. The van der Waals surface area contributed by atoms with Gasteiger partial charge < -0.3 is 10.1 Å². The molecule has 0 aliphatic carbocycles. The van der Waals surface area contributed by atoms with Crippen molar-refractivity contribution in [3.8, 4) is 5.69 Å². The molecule has 1 N–H and O–H groups in total. The fourth-order valence-corrected chi connectivity index (χ4v) is 4.18. The summed E-state index contributed by atoms with van der Waals surface area (Å²) in [6.07, 6.45) is 2.07. The summed E-state index contributed by atoms with van der Waals surface area (Å²) in [5.41, 5.74) is 1.23. The lowest BCUT2D eigenvalue weighted by Gasteiger charge is -2.13. The van der Waals surface area contributed by atoms with Crippen LogP contribution in [0.1, 0.15) is 19.3 Å². The average Bonchev–Trinajstić information content (AvgIpc) is 2.74. The maximum absolute atomic E-state index is 13.2. The van der Waals surface area contributed by atoms with E-state index in [9.17, 15) is 9.59 Å². The molecule has 0 fully saturated rings. The Kier molecular flexibility index (Phi) is 8.30. The van der Waals surface area contributed by atoms with Gasteiger partial charge in [0.25, 0.3) is 5.56 Å². The highest BCUT2D eigenvalue weighted by molar-refractivity contribution is 7.99. The average molecular weight is 446 g/mol. The summed E-state index contributed by atoms with van der Waals surface area (Å²) < 4.78 is 6.53. The van der Waals surface area contributed by atoms with Crippen molar-refractivity contribution >= 4 is 40.2 Å². The van der Waals surface area contributed by atoms with Gasteiger partial charge >= 0.3 is 0 Å². The van der Waals surface area contributed by atoms with Crippen molar-refractivity contribution in [2.75, 3.05) is 26.0 Å². The molecule has 1 amide bonds. The second kappa shape index (κ2) is 11.2. The Morgan fingerprint density at radius 2 is 2.03 bits per heavy atom. The number of nitrogens with zero attached hydrogens (tertiary/aromatic N) is 2. The molecule has 8 heteroatoms. The zero-order valence-electron chi connectivity index (χ0n) is 16.8. The molecule has 0 spiro atoms. The summed E-state index contributed by atoms with van der Waals surface area (Å²) in [4.78, 5) is 29.7. The fraction of sp³-hybridized carbons (Fsp3) is 0.318. The number of hydrogen-bond donors (Lipinski definition) is 1. The molecule has 0 radical (unpaired) electrons. The van der Waals surface area contributed by atoms with E-state index >= 15 is 0 Å². The molecule has 0 unspecified atom stereocenters. The number of nitrogens with one attached hydrogen (secondary N) is 1. The highest BCUT2D eigenvalue weighted by Crippen LogP contribution is 2.23. The third-order valence-corrected chi connectivity index (χ3v) is 5.73. The number of para-hydroxylation sites is 1. The summed E-state index contributed by atoms with van der Waals surface area (Å²) in [6, 6.07) is 14.5. The number of hydrogen-bond acceptors (Lipinski definition) is 5. The van der Waals surface area contributed by atoms with Crippen LogP contribution >= 0.6 is 23.4 Å². The Balaban J connectivity index is 1.72. The van der Waals surface area contributed by atoms with Crippen molar-refractivity contribution in [1.29, 1.82) is 0 Å². The van der Waals surface area contributed by atoms with E-state index in [1.807, 2.05) is 30.3 Å². The second-order valence-electron chi connectivity index (χ2n) is 6.68. The van der Waals surface area contributed by atoms with Crippen LogP contribution in [-0.4, -0.2) is 41.5 Å². The molecule has 0 saturated carbocycles. The van der Waals surface area contributed by atoms with Gasteiger partial charge in [-0.25, -0.2) is 4.98 Å². The molecule has 0 aliphatic rings. The molecule has 1 aromatic heterocycles. The lowest BCUT2D eigenvalue weighted by atomic mass is 10.2. The number of carbonyl (C=O) groups is 1. The van der Waals surface area contributed by atoms with Gasteiger partial charge in [0.2, 0.25) is 5.91 Å². The van der Waals surface area contributed by atoms with Gasteiger partial charge in [0.05, 0.1) is 23.2 Å². The van der Waals surface area contributed by atoms with Crippen molar-refractivity contribution in [1.82, 2.24) is 14.9 Å². The van der Waals surface area contributed by atoms with Gasteiger partial charge in [-0.2, -0.15) is 0 Å². The third kappa shape index (κ3) is 5.84. The third-order valence-electron chi connectivity index (χ3n) is 4.47. The molecule has 6 nitrogen and oxygen atoms in total.